The average molecular weight is 167 g/mol. The van der Waals surface area contributed by atoms with Crippen LogP contribution >= 0.6 is 0 Å². The zero-order valence-corrected chi connectivity index (χ0v) is 6.87. The normalized spacial score (nSPS) is 9.17. The van der Waals surface area contributed by atoms with Gasteiger partial charge in [-0.05, 0) is 6.07 Å². The molecule has 1 aromatic heterocycles. The van der Waals surface area contributed by atoms with Crippen molar-refractivity contribution in [3.63, 3.8) is 0 Å². The fourth-order valence-corrected chi connectivity index (χ4v) is 0.754. The van der Waals surface area contributed by atoms with E-state index in [1.807, 2.05) is 0 Å². The number of rotatable bonds is 2. The van der Waals surface area contributed by atoms with Gasteiger partial charge in [-0.25, -0.2) is 0 Å². The minimum atomic E-state index is -0.165. The van der Waals surface area contributed by atoms with Crippen LogP contribution in [0.4, 0.5) is 5.69 Å². The van der Waals surface area contributed by atoms with Crippen molar-refractivity contribution < 1.29 is 9.53 Å². The van der Waals surface area contributed by atoms with E-state index in [4.69, 9.17) is 4.74 Å². The van der Waals surface area contributed by atoms with Crippen molar-refractivity contribution in [2.24, 2.45) is 0 Å². The van der Waals surface area contributed by atoms with Crippen molar-refractivity contribution >= 4 is 11.6 Å². The number of nitrogens with one attached hydrogen (secondary N) is 1. The molecule has 0 atom stereocenters. The lowest BCUT2D eigenvalue weighted by atomic mass is 10.4. The van der Waals surface area contributed by atoms with Crippen LogP contribution in [0.25, 0.3) is 0 Å². The first-order chi connectivity index (χ1) is 5.74. The van der Waals surface area contributed by atoms with Crippen LogP contribution in [0.15, 0.2) is 12.3 Å². The first kappa shape index (κ1) is 8.45. The van der Waals surface area contributed by atoms with Crippen LogP contribution < -0.4 is 10.1 Å². The second-order valence-corrected chi connectivity index (χ2v) is 2.14. The van der Waals surface area contributed by atoms with Gasteiger partial charge in [-0.1, -0.05) is 0 Å². The summed E-state index contributed by atoms with van der Waals surface area (Å²) in [5, 5.41) is 9.82. The van der Waals surface area contributed by atoms with Gasteiger partial charge in [0.25, 0.3) is 5.88 Å². The third-order valence-electron chi connectivity index (χ3n) is 1.19. The minimum absolute atomic E-state index is 0.165. The number of carbonyl (C=O) groups excluding carboxylic acids is 1. The van der Waals surface area contributed by atoms with E-state index in [9.17, 15) is 4.79 Å². The monoisotopic (exact) mass is 167 g/mol. The Bertz CT molecular complexity index is 288. The smallest absolute Gasteiger partial charge is 0.257 e. The first-order valence-corrected chi connectivity index (χ1v) is 3.37. The summed E-state index contributed by atoms with van der Waals surface area (Å²) in [5.74, 6) is 0.147. The molecule has 0 aliphatic heterocycles. The molecule has 0 spiro atoms. The van der Waals surface area contributed by atoms with Crippen molar-refractivity contribution in [2.75, 3.05) is 12.4 Å². The predicted molar refractivity (Wildman–Crippen MR) is 42.9 cm³/mol. The van der Waals surface area contributed by atoms with E-state index in [-0.39, 0.29) is 5.91 Å². The van der Waals surface area contributed by atoms with Gasteiger partial charge in [0.05, 0.1) is 13.3 Å². The number of hydrogen-bond donors (Lipinski definition) is 1. The minimum Gasteiger partial charge on any atom is -0.478 e. The Morgan fingerprint density at radius 3 is 3.00 bits per heavy atom. The Labute approximate surface area is 69.8 Å². The highest BCUT2D eigenvalue weighted by atomic mass is 16.5. The number of nitrogens with zero attached hydrogens (tertiary/aromatic N) is 2. The second-order valence-electron chi connectivity index (χ2n) is 2.14. The van der Waals surface area contributed by atoms with Crippen molar-refractivity contribution in [2.45, 2.75) is 6.92 Å². The number of amides is 1. The SMILES string of the molecule is COc1nnccc1NC(C)=O. The van der Waals surface area contributed by atoms with Gasteiger partial charge in [-0.2, -0.15) is 5.10 Å². The van der Waals surface area contributed by atoms with Crippen molar-refractivity contribution in [1.82, 2.24) is 10.2 Å². The quantitative estimate of drug-likeness (QED) is 0.694. The van der Waals surface area contributed by atoms with Crippen LogP contribution in [0.2, 0.25) is 0 Å². The van der Waals surface area contributed by atoms with Gasteiger partial charge in [0, 0.05) is 6.92 Å². The zero-order chi connectivity index (χ0) is 8.97. The van der Waals surface area contributed by atoms with E-state index in [1.165, 1.54) is 20.2 Å². The number of methoxy groups -OCH3 is 1. The van der Waals surface area contributed by atoms with Crippen LogP contribution in [-0.4, -0.2) is 23.2 Å². The lowest BCUT2D eigenvalue weighted by Gasteiger charge is -2.04. The summed E-state index contributed by atoms with van der Waals surface area (Å²) in [5.41, 5.74) is 0.528. The van der Waals surface area contributed by atoms with Crippen LogP contribution in [-0.2, 0) is 4.79 Å². The van der Waals surface area contributed by atoms with E-state index in [0.29, 0.717) is 11.6 Å². The molecule has 64 valence electrons. The van der Waals surface area contributed by atoms with E-state index < -0.39 is 0 Å². The Morgan fingerprint density at radius 1 is 1.67 bits per heavy atom. The largest absolute Gasteiger partial charge is 0.478 e. The molecule has 0 fully saturated rings. The molecule has 1 heterocycles. The van der Waals surface area contributed by atoms with Gasteiger partial charge in [0.2, 0.25) is 5.91 Å². The van der Waals surface area contributed by atoms with Gasteiger partial charge >= 0.3 is 0 Å². The maximum atomic E-state index is 10.7. The molecule has 1 rings (SSSR count). The van der Waals surface area contributed by atoms with Crippen molar-refractivity contribution in [3.05, 3.63) is 12.3 Å². The van der Waals surface area contributed by atoms with Crippen LogP contribution in [0, 0.1) is 0 Å². The summed E-state index contributed by atoms with van der Waals surface area (Å²) < 4.78 is 4.86. The summed E-state index contributed by atoms with van der Waals surface area (Å²) in [6, 6.07) is 1.62. The maximum absolute atomic E-state index is 10.7. The second kappa shape index (κ2) is 3.66. The molecule has 0 aliphatic carbocycles. The number of ether oxygens (including phenoxy) is 1. The van der Waals surface area contributed by atoms with Crippen molar-refractivity contribution in [3.8, 4) is 5.88 Å². The fourth-order valence-electron chi connectivity index (χ4n) is 0.754. The lowest BCUT2D eigenvalue weighted by Crippen LogP contribution is -2.08. The third-order valence-corrected chi connectivity index (χ3v) is 1.19. The van der Waals surface area contributed by atoms with E-state index >= 15 is 0 Å². The molecule has 12 heavy (non-hydrogen) atoms. The summed E-state index contributed by atoms with van der Waals surface area (Å²) >= 11 is 0. The molecule has 0 bridgehead atoms. The summed E-state index contributed by atoms with van der Waals surface area (Å²) in [6.07, 6.45) is 1.48. The molecule has 1 amide bonds. The number of aromatic nitrogens is 2. The molecule has 0 saturated carbocycles. The van der Waals surface area contributed by atoms with Crippen LogP contribution in [0.5, 0.6) is 5.88 Å². The van der Waals surface area contributed by atoms with Gasteiger partial charge in [0.15, 0.2) is 0 Å². The molecule has 0 aromatic carbocycles. The van der Waals surface area contributed by atoms with Gasteiger partial charge in [-0.15, -0.1) is 5.10 Å². The highest BCUT2D eigenvalue weighted by molar-refractivity contribution is 5.89. The topological polar surface area (TPSA) is 64.1 Å². The fraction of sp³-hybridized carbons (Fsp3) is 0.286. The highest BCUT2D eigenvalue weighted by Gasteiger charge is 2.03. The molecule has 0 unspecified atom stereocenters. The van der Waals surface area contributed by atoms with E-state index in [2.05, 4.69) is 15.5 Å². The summed E-state index contributed by atoms with van der Waals surface area (Å²) in [4.78, 5) is 10.7. The average Bonchev–Trinajstić information content (AvgIpc) is 2.04. The van der Waals surface area contributed by atoms with E-state index in [0.717, 1.165) is 0 Å². The Balaban J connectivity index is 2.89. The van der Waals surface area contributed by atoms with Gasteiger partial charge in [0.1, 0.15) is 5.69 Å². The first-order valence-electron chi connectivity index (χ1n) is 3.37. The molecule has 0 saturated heterocycles. The molecular weight excluding hydrogens is 158 g/mol. The third kappa shape index (κ3) is 1.91. The number of anilines is 1. The predicted octanol–water partition coefficient (Wildman–Crippen LogP) is 0.444. The lowest BCUT2D eigenvalue weighted by molar-refractivity contribution is -0.114. The molecule has 1 N–H and O–H groups in total. The molecule has 0 radical (unpaired) electrons. The van der Waals surface area contributed by atoms with Crippen LogP contribution in [0.3, 0.4) is 0 Å². The molecule has 0 aliphatic rings. The maximum Gasteiger partial charge on any atom is 0.257 e. The van der Waals surface area contributed by atoms with Gasteiger partial charge < -0.3 is 10.1 Å². The summed E-state index contributed by atoms with van der Waals surface area (Å²) in [7, 11) is 1.47. The molecule has 5 heteroatoms. The standard InChI is InChI=1S/C7H9N3O2/c1-5(11)9-6-3-4-8-10-7(6)12-2/h3-4H,1-2H3,(H,8,9,11). The number of hydrogen-bond acceptors (Lipinski definition) is 4. The Morgan fingerprint density at radius 2 is 2.42 bits per heavy atom. The molecule has 1 aromatic rings. The Kier molecular flexibility index (Phi) is 2.57. The molecule has 5 nitrogen and oxygen atoms in total. The number of carbonyl (C=O) groups is 1. The van der Waals surface area contributed by atoms with Gasteiger partial charge in [-0.3, -0.25) is 4.79 Å². The van der Waals surface area contributed by atoms with E-state index in [1.54, 1.807) is 6.07 Å². The Hall–Kier alpha value is -1.65. The van der Waals surface area contributed by atoms with Crippen molar-refractivity contribution in [1.29, 1.82) is 0 Å². The molecular formula is C7H9N3O2. The van der Waals surface area contributed by atoms with Crippen LogP contribution in [0.1, 0.15) is 6.92 Å². The zero-order valence-electron chi connectivity index (χ0n) is 6.87. The summed E-state index contributed by atoms with van der Waals surface area (Å²) in [6.45, 7) is 1.42. The highest BCUT2D eigenvalue weighted by Crippen LogP contribution is 2.17.